The molecule has 0 bridgehead atoms. The van der Waals surface area contributed by atoms with Crippen molar-refractivity contribution in [2.24, 2.45) is 0 Å². The van der Waals surface area contributed by atoms with E-state index in [2.05, 4.69) is 57.4 Å². The summed E-state index contributed by atoms with van der Waals surface area (Å²) in [5.41, 5.74) is 0. The third-order valence-electron chi connectivity index (χ3n) is 1.33. The molecule has 1 nitrogen and oxygen atoms in total. The van der Waals surface area contributed by atoms with Gasteiger partial charge in [0.25, 0.3) is 0 Å². The van der Waals surface area contributed by atoms with E-state index in [1.807, 2.05) is 0 Å². The van der Waals surface area contributed by atoms with Crippen LogP contribution in [-0.2, 0) is 0 Å². The van der Waals surface area contributed by atoms with Crippen LogP contribution in [0.1, 0.15) is 32.6 Å². The minimum atomic E-state index is 0.625. The van der Waals surface area contributed by atoms with Crippen molar-refractivity contribution < 1.29 is 0 Å². The van der Waals surface area contributed by atoms with Crippen LogP contribution in [-0.4, -0.2) is 12.1 Å². The Morgan fingerprint density at radius 3 is 1.77 bits per heavy atom. The third kappa shape index (κ3) is 9.57. The lowest BCUT2D eigenvalue weighted by Crippen LogP contribution is -2.29. The maximum Gasteiger partial charge on any atom is 0.00141 e. The summed E-state index contributed by atoms with van der Waals surface area (Å²) in [5, 5.41) is 5.38. The fourth-order valence-corrected chi connectivity index (χ4v) is 1.56. The average Bonchev–Trinajstić information content (AvgIpc) is 2.37. The van der Waals surface area contributed by atoms with Gasteiger partial charge in [-0.2, -0.15) is 0 Å². The van der Waals surface area contributed by atoms with Gasteiger partial charge in [0.1, 0.15) is 0 Å². The molecule has 1 heterocycles. The molecule has 1 N–H and O–H groups in total. The van der Waals surface area contributed by atoms with Crippen LogP contribution in [0.15, 0.2) is 17.5 Å². The lowest BCUT2D eigenvalue weighted by molar-refractivity contribution is 0.518. The Labute approximate surface area is 86.2 Å². The highest BCUT2D eigenvalue weighted by Gasteiger charge is 1.92. The first kappa shape index (κ1) is 12.7. The molecule has 2 heteroatoms. The van der Waals surface area contributed by atoms with Gasteiger partial charge in [0.05, 0.1) is 0 Å². The van der Waals surface area contributed by atoms with Crippen LogP contribution in [0.2, 0.25) is 0 Å². The van der Waals surface area contributed by atoms with E-state index in [0.717, 1.165) is 0 Å². The van der Waals surface area contributed by atoms with E-state index in [1.165, 1.54) is 4.88 Å². The number of thiophene rings is 1. The fraction of sp³-hybridized carbons (Fsp3) is 0.636. The van der Waals surface area contributed by atoms with Gasteiger partial charge in [0.15, 0.2) is 0 Å². The van der Waals surface area contributed by atoms with E-state index in [9.17, 15) is 0 Å². The lowest BCUT2D eigenvalue weighted by Gasteiger charge is -2.10. The molecule has 0 amide bonds. The highest BCUT2D eigenvalue weighted by atomic mass is 32.1. The summed E-state index contributed by atoms with van der Waals surface area (Å²) in [6.07, 6.45) is 0. The maximum atomic E-state index is 3.31. The topological polar surface area (TPSA) is 12.0 Å². The smallest absolute Gasteiger partial charge is 0.00141 e. The Hall–Kier alpha value is -0.340. The standard InChI is InChI=1S/C6H15N.C5H6S/c1-5(2)7-6(3)4;1-5-3-2-4-6-5/h5-7H,1-4H3;2-4H,1H3. The molecule has 13 heavy (non-hydrogen) atoms. The highest BCUT2D eigenvalue weighted by Crippen LogP contribution is 2.03. The minimum Gasteiger partial charge on any atom is -0.312 e. The summed E-state index contributed by atoms with van der Waals surface area (Å²) < 4.78 is 0. The van der Waals surface area contributed by atoms with Crippen LogP contribution < -0.4 is 5.32 Å². The van der Waals surface area contributed by atoms with Crippen molar-refractivity contribution in [1.82, 2.24) is 5.32 Å². The van der Waals surface area contributed by atoms with Crippen LogP contribution in [0.4, 0.5) is 0 Å². The molecule has 1 rings (SSSR count). The zero-order valence-electron chi connectivity index (χ0n) is 9.29. The quantitative estimate of drug-likeness (QED) is 0.769. The average molecular weight is 199 g/mol. The molecule has 0 saturated heterocycles. The van der Waals surface area contributed by atoms with E-state index in [1.54, 1.807) is 11.3 Å². The summed E-state index contributed by atoms with van der Waals surface area (Å²) in [6.45, 7) is 10.7. The number of hydrogen-bond acceptors (Lipinski definition) is 2. The predicted octanol–water partition coefficient (Wildman–Crippen LogP) is 3.45. The summed E-state index contributed by atoms with van der Waals surface area (Å²) in [4.78, 5) is 1.38. The Bertz CT molecular complexity index is 184. The Morgan fingerprint density at radius 1 is 1.15 bits per heavy atom. The van der Waals surface area contributed by atoms with Gasteiger partial charge in [0, 0.05) is 17.0 Å². The van der Waals surface area contributed by atoms with Crippen molar-refractivity contribution in [3.05, 3.63) is 22.4 Å². The largest absolute Gasteiger partial charge is 0.312 e. The van der Waals surface area contributed by atoms with Crippen molar-refractivity contribution in [2.45, 2.75) is 46.7 Å². The second-order valence-electron chi connectivity index (χ2n) is 3.70. The molecule has 0 radical (unpaired) electrons. The van der Waals surface area contributed by atoms with Crippen molar-refractivity contribution in [3.63, 3.8) is 0 Å². The summed E-state index contributed by atoms with van der Waals surface area (Å²) >= 11 is 1.78. The minimum absolute atomic E-state index is 0.625. The van der Waals surface area contributed by atoms with E-state index >= 15 is 0 Å². The Balaban J connectivity index is 0.000000223. The van der Waals surface area contributed by atoms with Gasteiger partial charge < -0.3 is 5.32 Å². The van der Waals surface area contributed by atoms with E-state index in [4.69, 9.17) is 0 Å². The Kier molecular flexibility index (Phi) is 6.92. The van der Waals surface area contributed by atoms with Gasteiger partial charge in [-0.15, -0.1) is 11.3 Å². The first-order valence-electron chi connectivity index (χ1n) is 4.78. The summed E-state index contributed by atoms with van der Waals surface area (Å²) in [7, 11) is 0. The van der Waals surface area contributed by atoms with Crippen molar-refractivity contribution in [2.75, 3.05) is 0 Å². The monoisotopic (exact) mass is 199 g/mol. The molecule has 0 spiro atoms. The Morgan fingerprint density at radius 2 is 1.69 bits per heavy atom. The third-order valence-corrected chi connectivity index (χ3v) is 2.13. The molecule has 0 atom stereocenters. The van der Waals surface area contributed by atoms with E-state index in [-0.39, 0.29) is 0 Å². The molecule has 0 fully saturated rings. The molecule has 0 unspecified atom stereocenters. The normalized spacial score (nSPS) is 10.1. The van der Waals surface area contributed by atoms with Gasteiger partial charge in [-0.1, -0.05) is 33.8 Å². The molecular weight excluding hydrogens is 178 g/mol. The van der Waals surface area contributed by atoms with Crippen LogP contribution in [0.5, 0.6) is 0 Å². The molecule has 0 saturated carbocycles. The molecule has 76 valence electrons. The van der Waals surface area contributed by atoms with Crippen molar-refractivity contribution in [3.8, 4) is 0 Å². The number of aryl methyl sites for hydroxylation is 1. The summed E-state index contributed by atoms with van der Waals surface area (Å²) in [6, 6.07) is 5.41. The lowest BCUT2D eigenvalue weighted by atomic mass is 10.3. The van der Waals surface area contributed by atoms with Crippen LogP contribution >= 0.6 is 11.3 Å². The molecule has 0 aromatic carbocycles. The SMILES string of the molecule is CC(C)NC(C)C.Cc1cccs1. The van der Waals surface area contributed by atoms with Gasteiger partial charge >= 0.3 is 0 Å². The van der Waals surface area contributed by atoms with Crippen molar-refractivity contribution >= 4 is 11.3 Å². The van der Waals surface area contributed by atoms with Crippen LogP contribution in [0.3, 0.4) is 0 Å². The predicted molar refractivity (Wildman–Crippen MR) is 62.5 cm³/mol. The van der Waals surface area contributed by atoms with Crippen LogP contribution in [0, 0.1) is 6.92 Å². The number of rotatable bonds is 2. The first-order chi connectivity index (χ1) is 6.02. The zero-order chi connectivity index (χ0) is 10.3. The zero-order valence-corrected chi connectivity index (χ0v) is 10.1. The van der Waals surface area contributed by atoms with Crippen molar-refractivity contribution in [1.29, 1.82) is 0 Å². The van der Waals surface area contributed by atoms with Gasteiger partial charge in [-0.05, 0) is 18.4 Å². The molecule has 1 aromatic heterocycles. The van der Waals surface area contributed by atoms with Gasteiger partial charge in [-0.25, -0.2) is 0 Å². The molecule has 0 aliphatic carbocycles. The van der Waals surface area contributed by atoms with Gasteiger partial charge in [-0.3, -0.25) is 0 Å². The molecular formula is C11H21NS. The molecule has 1 aromatic rings. The summed E-state index contributed by atoms with van der Waals surface area (Å²) in [5.74, 6) is 0. The van der Waals surface area contributed by atoms with E-state index < -0.39 is 0 Å². The molecule has 0 aliphatic heterocycles. The second-order valence-corrected chi connectivity index (χ2v) is 4.85. The molecule has 0 aliphatic rings. The first-order valence-corrected chi connectivity index (χ1v) is 5.66. The van der Waals surface area contributed by atoms with Gasteiger partial charge in [0.2, 0.25) is 0 Å². The number of hydrogen-bond donors (Lipinski definition) is 1. The van der Waals surface area contributed by atoms with E-state index in [0.29, 0.717) is 12.1 Å². The highest BCUT2D eigenvalue weighted by molar-refractivity contribution is 7.09. The number of nitrogens with one attached hydrogen (secondary N) is 1. The van der Waals surface area contributed by atoms with Crippen LogP contribution in [0.25, 0.3) is 0 Å². The second kappa shape index (κ2) is 7.10. The maximum absolute atomic E-state index is 3.31. The fourth-order valence-electron chi connectivity index (χ4n) is 1.03.